The van der Waals surface area contributed by atoms with Crippen molar-refractivity contribution in [2.24, 2.45) is 0 Å². The summed E-state index contributed by atoms with van der Waals surface area (Å²) in [6.45, 7) is 3.08. The highest BCUT2D eigenvalue weighted by Crippen LogP contribution is 2.20. The number of hydrogen-bond acceptors (Lipinski definition) is 6. The van der Waals surface area contributed by atoms with Crippen LogP contribution < -0.4 is 9.62 Å². The minimum atomic E-state index is -3.78. The van der Waals surface area contributed by atoms with Gasteiger partial charge in [-0.25, -0.2) is 17.5 Å². The number of aryl methyl sites for hydroxylation is 1. The lowest BCUT2D eigenvalue weighted by molar-refractivity contribution is 0.462. The molecule has 0 radical (unpaired) electrons. The number of hydrogen-bond donors (Lipinski definition) is 1. The standard InChI is InChI=1S/C17H19FN6O2S/c1-12-19-20-16-7-8-17(21-24(12)16)23-9-3-5-14(11-23)22-27(25,26)15-6-2-4-13(18)10-15/h2,4,6-8,10,14,22H,3,5,9,11H2,1H3. The summed E-state index contributed by atoms with van der Waals surface area (Å²) >= 11 is 0. The van der Waals surface area contributed by atoms with Gasteiger partial charge in [-0.3, -0.25) is 0 Å². The second-order valence-electron chi connectivity index (χ2n) is 6.57. The molecule has 1 fully saturated rings. The Morgan fingerprint density at radius 1 is 1.22 bits per heavy atom. The van der Waals surface area contributed by atoms with E-state index in [-0.39, 0.29) is 10.9 Å². The molecule has 8 nitrogen and oxygen atoms in total. The molecule has 0 aliphatic carbocycles. The van der Waals surface area contributed by atoms with Crippen molar-refractivity contribution in [3.05, 3.63) is 48.0 Å². The van der Waals surface area contributed by atoms with E-state index < -0.39 is 15.8 Å². The van der Waals surface area contributed by atoms with Gasteiger partial charge in [-0.05, 0) is 50.1 Å². The van der Waals surface area contributed by atoms with Gasteiger partial charge in [-0.2, -0.15) is 4.52 Å². The Hall–Kier alpha value is -2.59. The highest BCUT2D eigenvalue weighted by molar-refractivity contribution is 7.89. The van der Waals surface area contributed by atoms with E-state index in [1.807, 2.05) is 24.0 Å². The molecule has 1 N–H and O–H groups in total. The van der Waals surface area contributed by atoms with Crippen LogP contribution in [0.5, 0.6) is 0 Å². The van der Waals surface area contributed by atoms with E-state index >= 15 is 0 Å². The second-order valence-corrected chi connectivity index (χ2v) is 8.29. The van der Waals surface area contributed by atoms with Crippen LogP contribution in [0.4, 0.5) is 10.2 Å². The van der Waals surface area contributed by atoms with E-state index in [1.54, 1.807) is 4.52 Å². The Bertz CT molecular complexity index is 1080. The van der Waals surface area contributed by atoms with Crippen molar-refractivity contribution >= 4 is 21.5 Å². The van der Waals surface area contributed by atoms with Gasteiger partial charge >= 0.3 is 0 Å². The van der Waals surface area contributed by atoms with Gasteiger partial charge in [-0.15, -0.1) is 15.3 Å². The van der Waals surface area contributed by atoms with Gasteiger partial charge in [0.15, 0.2) is 11.5 Å². The zero-order valence-corrected chi connectivity index (χ0v) is 15.5. The summed E-state index contributed by atoms with van der Waals surface area (Å²) in [5.74, 6) is 0.845. The van der Waals surface area contributed by atoms with E-state index in [4.69, 9.17) is 0 Å². The van der Waals surface area contributed by atoms with Gasteiger partial charge in [0.25, 0.3) is 0 Å². The maximum Gasteiger partial charge on any atom is 0.240 e. The minimum Gasteiger partial charge on any atom is -0.354 e. The number of piperidine rings is 1. The van der Waals surface area contributed by atoms with Crippen LogP contribution in [0.3, 0.4) is 0 Å². The Morgan fingerprint density at radius 3 is 2.89 bits per heavy atom. The van der Waals surface area contributed by atoms with Crippen LogP contribution in [0.1, 0.15) is 18.7 Å². The molecule has 1 aliphatic heterocycles. The fourth-order valence-corrected chi connectivity index (χ4v) is 4.55. The van der Waals surface area contributed by atoms with Gasteiger partial charge in [0.05, 0.1) is 4.90 Å². The molecule has 10 heteroatoms. The number of nitrogens with one attached hydrogen (secondary N) is 1. The van der Waals surface area contributed by atoms with Crippen LogP contribution in [-0.4, -0.2) is 47.4 Å². The Labute approximate surface area is 156 Å². The van der Waals surface area contributed by atoms with E-state index in [2.05, 4.69) is 20.0 Å². The van der Waals surface area contributed by atoms with Crippen LogP contribution in [0.15, 0.2) is 41.3 Å². The summed E-state index contributed by atoms with van der Waals surface area (Å²) in [5, 5.41) is 12.6. The van der Waals surface area contributed by atoms with Crippen molar-refractivity contribution in [1.29, 1.82) is 0 Å². The van der Waals surface area contributed by atoms with Gasteiger partial charge in [0.1, 0.15) is 11.6 Å². The third-order valence-corrected chi connectivity index (χ3v) is 6.10. The number of sulfonamides is 1. The number of anilines is 1. The maximum atomic E-state index is 13.4. The first-order valence-electron chi connectivity index (χ1n) is 8.64. The third-order valence-electron chi connectivity index (χ3n) is 4.58. The molecule has 142 valence electrons. The van der Waals surface area contributed by atoms with Crippen molar-refractivity contribution in [1.82, 2.24) is 24.5 Å². The van der Waals surface area contributed by atoms with E-state index in [1.165, 1.54) is 18.2 Å². The minimum absolute atomic E-state index is 0.0701. The van der Waals surface area contributed by atoms with Crippen LogP contribution >= 0.6 is 0 Å². The Kier molecular flexibility index (Phi) is 4.52. The molecule has 3 heterocycles. The summed E-state index contributed by atoms with van der Waals surface area (Å²) < 4.78 is 42.8. The third kappa shape index (κ3) is 3.62. The summed E-state index contributed by atoms with van der Waals surface area (Å²) in [6, 6.07) is 8.42. The number of aromatic nitrogens is 4. The number of rotatable bonds is 4. The van der Waals surface area contributed by atoms with Crippen LogP contribution in [-0.2, 0) is 10.0 Å². The lowest BCUT2D eigenvalue weighted by Gasteiger charge is -2.33. The summed E-state index contributed by atoms with van der Waals surface area (Å²) in [4.78, 5) is 1.96. The van der Waals surface area contributed by atoms with Crippen LogP contribution in [0.25, 0.3) is 5.65 Å². The average molecular weight is 390 g/mol. The summed E-state index contributed by atoms with van der Waals surface area (Å²) in [7, 11) is -3.78. The summed E-state index contributed by atoms with van der Waals surface area (Å²) in [5.41, 5.74) is 0.664. The average Bonchev–Trinajstić information content (AvgIpc) is 3.02. The maximum absolute atomic E-state index is 13.4. The molecule has 0 spiro atoms. The lowest BCUT2D eigenvalue weighted by Crippen LogP contribution is -2.48. The van der Waals surface area contributed by atoms with Gasteiger partial charge in [0.2, 0.25) is 10.0 Å². The molecule has 3 aromatic rings. The normalized spacial score (nSPS) is 18.1. The van der Waals surface area contributed by atoms with Gasteiger partial charge < -0.3 is 4.90 Å². The molecule has 1 atom stereocenters. The topological polar surface area (TPSA) is 92.5 Å². The number of fused-ring (bicyclic) bond motifs is 1. The van der Waals surface area contributed by atoms with Crippen molar-refractivity contribution in [3.8, 4) is 0 Å². The molecule has 27 heavy (non-hydrogen) atoms. The van der Waals surface area contributed by atoms with Crippen LogP contribution in [0, 0.1) is 12.7 Å². The fourth-order valence-electron chi connectivity index (χ4n) is 3.26. The predicted molar refractivity (Wildman–Crippen MR) is 97.5 cm³/mol. The highest BCUT2D eigenvalue weighted by atomic mass is 32.2. The molecule has 1 aromatic carbocycles. The van der Waals surface area contributed by atoms with E-state index in [9.17, 15) is 12.8 Å². The van der Waals surface area contributed by atoms with Crippen molar-refractivity contribution < 1.29 is 12.8 Å². The fraction of sp³-hybridized carbons (Fsp3) is 0.353. The number of halogens is 1. The van der Waals surface area contributed by atoms with Gasteiger partial charge in [0, 0.05) is 19.1 Å². The first kappa shape index (κ1) is 17.8. The van der Waals surface area contributed by atoms with Crippen molar-refractivity contribution in [2.75, 3.05) is 18.0 Å². The molecule has 1 saturated heterocycles. The number of benzene rings is 1. The Morgan fingerprint density at radius 2 is 2.07 bits per heavy atom. The van der Waals surface area contributed by atoms with Gasteiger partial charge in [-0.1, -0.05) is 6.07 Å². The quantitative estimate of drug-likeness (QED) is 0.726. The molecule has 1 unspecified atom stereocenters. The van der Waals surface area contributed by atoms with E-state index in [0.29, 0.717) is 24.4 Å². The summed E-state index contributed by atoms with van der Waals surface area (Å²) in [6.07, 6.45) is 1.52. The van der Waals surface area contributed by atoms with Crippen molar-refractivity contribution in [2.45, 2.75) is 30.7 Å². The lowest BCUT2D eigenvalue weighted by atomic mass is 10.1. The first-order valence-corrected chi connectivity index (χ1v) is 10.1. The predicted octanol–water partition coefficient (Wildman–Crippen LogP) is 1.52. The zero-order chi connectivity index (χ0) is 19.0. The molecule has 1 aliphatic rings. The monoisotopic (exact) mass is 390 g/mol. The molecular weight excluding hydrogens is 371 g/mol. The number of nitrogens with zero attached hydrogens (tertiary/aromatic N) is 5. The van der Waals surface area contributed by atoms with Crippen LogP contribution in [0.2, 0.25) is 0 Å². The Balaban J connectivity index is 1.53. The van der Waals surface area contributed by atoms with Crippen molar-refractivity contribution in [3.63, 3.8) is 0 Å². The molecular formula is C17H19FN6O2S. The zero-order valence-electron chi connectivity index (χ0n) is 14.7. The SMILES string of the molecule is Cc1nnc2ccc(N3CCCC(NS(=O)(=O)c4cccc(F)c4)C3)nn12. The molecule has 4 rings (SSSR count). The van der Waals surface area contributed by atoms with E-state index in [0.717, 1.165) is 24.8 Å². The first-order chi connectivity index (χ1) is 12.9. The molecule has 0 amide bonds. The largest absolute Gasteiger partial charge is 0.354 e. The molecule has 0 bridgehead atoms. The highest BCUT2D eigenvalue weighted by Gasteiger charge is 2.26. The second kappa shape index (κ2) is 6.86. The molecule has 2 aromatic heterocycles. The smallest absolute Gasteiger partial charge is 0.240 e. The molecule has 0 saturated carbocycles.